The molecule has 5 heteroatoms. The number of nitrogens with two attached hydrogens (primary N) is 1. The van der Waals surface area contributed by atoms with Crippen LogP contribution in [0.15, 0.2) is 17.0 Å². The molecule has 0 bridgehead atoms. The van der Waals surface area contributed by atoms with Crippen LogP contribution in [0, 0.1) is 17.6 Å². The van der Waals surface area contributed by atoms with Crippen LogP contribution in [0.5, 0.6) is 0 Å². The van der Waals surface area contributed by atoms with Gasteiger partial charge in [0, 0.05) is 11.4 Å². The molecule has 1 rings (SSSR count). The molecule has 0 aliphatic carbocycles. The van der Waals surface area contributed by atoms with Crippen LogP contribution in [0.1, 0.15) is 20.3 Å². The second-order valence-electron chi connectivity index (χ2n) is 4.05. The molecule has 0 spiro atoms. The maximum absolute atomic E-state index is 13.4. The van der Waals surface area contributed by atoms with Gasteiger partial charge in [-0.15, -0.1) is 0 Å². The summed E-state index contributed by atoms with van der Waals surface area (Å²) >= 11 is 0. The number of hydrogen-bond acceptors (Lipinski definition) is 2. The van der Waals surface area contributed by atoms with E-state index in [2.05, 4.69) is 0 Å². The van der Waals surface area contributed by atoms with Crippen LogP contribution in [-0.4, -0.2) is 9.96 Å². The number of nitrogen functional groups attached to an aromatic ring is 1. The molecule has 1 atom stereocenters. The number of benzene rings is 1. The first-order valence-electron chi connectivity index (χ1n) is 5.04. The topological polar surface area (TPSA) is 43.1 Å². The summed E-state index contributed by atoms with van der Waals surface area (Å²) in [6.45, 7) is 3.93. The minimum atomic E-state index is -1.64. The van der Waals surface area contributed by atoms with E-state index in [-0.39, 0.29) is 16.3 Å². The molecule has 0 radical (unpaired) electrons. The molecule has 0 heterocycles. The van der Waals surface area contributed by atoms with Crippen LogP contribution in [0.2, 0.25) is 0 Å². The summed E-state index contributed by atoms with van der Waals surface area (Å²) in [4.78, 5) is -0.366. The van der Waals surface area contributed by atoms with Gasteiger partial charge >= 0.3 is 0 Å². The molecular weight excluding hydrogens is 232 g/mol. The van der Waals surface area contributed by atoms with Crippen molar-refractivity contribution in [2.75, 3.05) is 11.5 Å². The number of rotatable bonds is 4. The van der Waals surface area contributed by atoms with Gasteiger partial charge in [0.2, 0.25) is 0 Å². The molecule has 0 saturated carbocycles. The summed E-state index contributed by atoms with van der Waals surface area (Å²) in [5.74, 6) is -1.06. The molecule has 0 aliphatic rings. The Hall–Kier alpha value is -0.970. The lowest BCUT2D eigenvalue weighted by Gasteiger charge is -2.07. The highest BCUT2D eigenvalue weighted by Crippen LogP contribution is 2.21. The average molecular weight is 247 g/mol. The zero-order valence-electron chi connectivity index (χ0n) is 9.30. The molecule has 1 aromatic rings. The quantitative estimate of drug-likeness (QED) is 0.831. The molecule has 0 amide bonds. The minimum absolute atomic E-state index is 0.000361. The Morgan fingerprint density at radius 1 is 1.31 bits per heavy atom. The van der Waals surface area contributed by atoms with Gasteiger partial charge in [-0.25, -0.2) is 8.78 Å². The third-order valence-electron chi connectivity index (χ3n) is 2.13. The van der Waals surface area contributed by atoms with Gasteiger partial charge in [0.1, 0.15) is 16.5 Å². The highest BCUT2D eigenvalue weighted by molar-refractivity contribution is 7.85. The first-order chi connectivity index (χ1) is 7.41. The van der Waals surface area contributed by atoms with Crippen molar-refractivity contribution in [1.29, 1.82) is 0 Å². The van der Waals surface area contributed by atoms with Crippen LogP contribution < -0.4 is 5.73 Å². The molecule has 2 nitrogen and oxygen atoms in total. The lowest BCUT2D eigenvalue weighted by molar-refractivity contribution is 0.534. The highest BCUT2D eigenvalue weighted by Gasteiger charge is 2.16. The lowest BCUT2D eigenvalue weighted by atomic mass is 10.2. The lowest BCUT2D eigenvalue weighted by Crippen LogP contribution is -2.07. The van der Waals surface area contributed by atoms with Crippen molar-refractivity contribution >= 4 is 16.5 Å². The minimum Gasteiger partial charge on any atom is -0.399 e. The summed E-state index contributed by atoms with van der Waals surface area (Å²) < 4.78 is 38.4. The van der Waals surface area contributed by atoms with Crippen molar-refractivity contribution in [2.24, 2.45) is 5.92 Å². The van der Waals surface area contributed by atoms with Gasteiger partial charge < -0.3 is 5.73 Å². The van der Waals surface area contributed by atoms with Crippen molar-refractivity contribution in [3.8, 4) is 0 Å². The predicted molar refractivity (Wildman–Crippen MR) is 61.5 cm³/mol. The number of anilines is 1. The van der Waals surface area contributed by atoms with Crippen LogP contribution in [0.4, 0.5) is 14.5 Å². The number of hydrogen-bond donors (Lipinski definition) is 1. The van der Waals surface area contributed by atoms with Gasteiger partial charge in [-0.05, 0) is 24.5 Å². The van der Waals surface area contributed by atoms with Gasteiger partial charge in [-0.2, -0.15) is 0 Å². The maximum Gasteiger partial charge on any atom is 0.144 e. The Bertz CT molecular complexity index is 384. The third-order valence-corrected chi connectivity index (χ3v) is 3.58. The van der Waals surface area contributed by atoms with Crippen molar-refractivity contribution in [3.05, 3.63) is 23.8 Å². The maximum atomic E-state index is 13.4. The van der Waals surface area contributed by atoms with Gasteiger partial charge in [0.25, 0.3) is 0 Å². The van der Waals surface area contributed by atoms with Gasteiger partial charge in [0.15, 0.2) is 0 Å². The fraction of sp³-hybridized carbons (Fsp3) is 0.455. The first-order valence-corrected chi connectivity index (χ1v) is 6.36. The summed E-state index contributed by atoms with van der Waals surface area (Å²) in [5, 5.41) is 0. The third kappa shape index (κ3) is 3.27. The zero-order chi connectivity index (χ0) is 12.3. The van der Waals surface area contributed by atoms with Crippen LogP contribution in [-0.2, 0) is 10.8 Å². The molecule has 0 saturated heterocycles. The van der Waals surface area contributed by atoms with Gasteiger partial charge in [-0.3, -0.25) is 4.21 Å². The molecular formula is C11H15F2NOS. The molecule has 0 fully saturated rings. The van der Waals surface area contributed by atoms with Crippen molar-refractivity contribution in [2.45, 2.75) is 25.2 Å². The van der Waals surface area contributed by atoms with E-state index in [1.165, 1.54) is 0 Å². The smallest absolute Gasteiger partial charge is 0.144 e. The van der Waals surface area contributed by atoms with Crippen molar-refractivity contribution < 1.29 is 13.0 Å². The average Bonchev–Trinajstić information content (AvgIpc) is 2.12. The summed E-state index contributed by atoms with van der Waals surface area (Å²) in [5.41, 5.74) is 5.27. The van der Waals surface area contributed by atoms with E-state index >= 15 is 0 Å². The highest BCUT2D eigenvalue weighted by atomic mass is 32.2. The Kier molecular flexibility index (Phi) is 4.41. The molecule has 1 unspecified atom stereocenters. The Morgan fingerprint density at radius 2 is 1.81 bits per heavy atom. The Balaban J connectivity index is 2.91. The van der Waals surface area contributed by atoms with Gasteiger partial charge in [0.05, 0.1) is 10.8 Å². The zero-order valence-corrected chi connectivity index (χ0v) is 10.1. The predicted octanol–water partition coefficient (Wildman–Crippen LogP) is 2.70. The van der Waals surface area contributed by atoms with E-state index in [1.807, 2.05) is 13.8 Å². The second-order valence-corrected chi connectivity index (χ2v) is 5.55. The molecule has 90 valence electrons. The van der Waals surface area contributed by atoms with E-state index in [9.17, 15) is 13.0 Å². The molecule has 0 aromatic heterocycles. The van der Waals surface area contributed by atoms with Crippen molar-refractivity contribution in [1.82, 2.24) is 0 Å². The molecule has 16 heavy (non-hydrogen) atoms. The summed E-state index contributed by atoms with van der Waals surface area (Å²) in [7, 11) is -1.64. The largest absolute Gasteiger partial charge is 0.399 e. The second kappa shape index (κ2) is 5.39. The van der Waals surface area contributed by atoms with Crippen LogP contribution >= 0.6 is 0 Å². The van der Waals surface area contributed by atoms with Crippen molar-refractivity contribution in [3.63, 3.8) is 0 Å². The summed E-state index contributed by atoms with van der Waals surface area (Å²) in [6, 6.07) is 1.98. The Morgan fingerprint density at radius 3 is 2.25 bits per heavy atom. The monoisotopic (exact) mass is 247 g/mol. The SMILES string of the molecule is CC(C)CCS(=O)c1c(F)cc(N)cc1F. The molecule has 1 aromatic carbocycles. The van der Waals surface area contributed by atoms with E-state index < -0.39 is 22.4 Å². The van der Waals surface area contributed by atoms with Crippen LogP contribution in [0.25, 0.3) is 0 Å². The van der Waals surface area contributed by atoms with Crippen LogP contribution in [0.3, 0.4) is 0 Å². The fourth-order valence-electron chi connectivity index (χ4n) is 1.24. The van der Waals surface area contributed by atoms with E-state index in [4.69, 9.17) is 5.73 Å². The first kappa shape index (κ1) is 13.1. The van der Waals surface area contributed by atoms with E-state index in [1.54, 1.807) is 0 Å². The number of halogens is 2. The summed E-state index contributed by atoms with van der Waals surface area (Å²) in [6.07, 6.45) is 0.663. The van der Waals surface area contributed by atoms with E-state index in [0.717, 1.165) is 12.1 Å². The van der Waals surface area contributed by atoms with E-state index in [0.29, 0.717) is 12.3 Å². The molecule has 0 aliphatic heterocycles. The fourth-order valence-corrected chi connectivity index (χ4v) is 2.68. The Labute approximate surface area is 96.3 Å². The van der Waals surface area contributed by atoms with Gasteiger partial charge in [-0.1, -0.05) is 13.8 Å². The normalized spacial score (nSPS) is 13.1. The standard InChI is InChI=1S/C11H15F2NOS/c1-7(2)3-4-16(15)11-9(12)5-8(14)6-10(11)13/h5-7H,3-4,14H2,1-2H3. The molecule has 2 N–H and O–H groups in total.